The van der Waals surface area contributed by atoms with E-state index < -0.39 is 0 Å². The van der Waals surface area contributed by atoms with E-state index in [1.165, 1.54) is 0 Å². The van der Waals surface area contributed by atoms with Crippen LogP contribution < -0.4 is 10.1 Å². The molecule has 1 N–H and O–H groups in total. The third-order valence-corrected chi connectivity index (χ3v) is 3.95. The van der Waals surface area contributed by atoms with Crippen molar-refractivity contribution in [3.05, 3.63) is 51.3 Å². The second kappa shape index (κ2) is 6.59. The molecule has 0 aliphatic rings. The topological polar surface area (TPSA) is 57.9 Å². The molecule has 0 aliphatic carbocycles. The van der Waals surface area contributed by atoms with Crippen molar-refractivity contribution in [3.63, 3.8) is 0 Å². The fourth-order valence-electron chi connectivity index (χ4n) is 2.16. The lowest BCUT2D eigenvalue weighted by molar-refractivity contribution is 0.407. The van der Waals surface area contributed by atoms with E-state index in [2.05, 4.69) is 32.3 Å². The van der Waals surface area contributed by atoms with E-state index in [9.17, 15) is 0 Å². The first kappa shape index (κ1) is 15.3. The van der Waals surface area contributed by atoms with E-state index >= 15 is 0 Å². The molecule has 0 atom stereocenters. The van der Waals surface area contributed by atoms with E-state index in [1.54, 1.807) is 19.2 Å². The summed E-state index contributed by atoms with van der Waals surface area (Å²) in [5, 5.41) is 12.2. The van der Waals surface area contributed by atoms with Crippen LogP contribution in [-0.4, -0.2) is 12.1 Å². The van der Waals surface area contributed by atoms with Gasteiger partial charge in [-0.15, -0.1) is 0 Å². The number of nitrogens with one attached hydrogen (secondary N) is 1. The number of rotatable bonds is 4. The van der Waals surface area contributed by atoms with Crippen LogP contribution in [0.15, 0.2) is 28.9 Å². The molecule has 1 aromatic carbocycles. The number of aryl methyl sites for hydroxylation is 1. The Kier molecular flexibility index (Phi) is 4.81. The summed E-state index contributed by atoms with van der Waals surface area (Å²) in [4.78, 5) is 4.45. The minimum absolute atomic E-state index is 0.590. The molecule has 0 aliphatic heterocycles. The molecule has 21 heavy (non-hydrogen) atoms. The number of methoxy groups -OCH3 is 1. The standard InChI is InChI=1S/C16H16BrN3O/c1-10-8-19-15(11(2)16(10)21-3)9-20-14-5-4-12(7-18)6-13(14)17/h4-6,8,20H,9H2,1-3H3. The van der Waals surface area contributed by atoms with Crippen LogP contribution in [0.25, 0.3) is 0 Å². The number of pyridine rings is 1. The minimum atomic E-state index is 0.590. The van der Waals surface area contributed by atoms with Crippen LogP contribution in [0.1, 0.15) is 22.4 Å². The van der Waals surface area contributed by atoms with Crippen molar-refractivity contribution in [3.8, 4) is 11.8 Å². The molecule has 2 aromatic rings. The van der Waals surface area contributed by atoms with Gasteiger partial charge in [-0.2, -0.15) is 5.26 Å². The molecule has 108 valence electrons. The van der Waals surface area contributed by atoms with Crippen molar-refractivity contribution in [1.82, 2.24) is 4.98 Å². The SMILES string of the molecule is COc1c(C)cnc(CNc2ccc(C#N)cc2Br)c1C. The molecule has 0 saturated carbocycles. The summed E-state index contributed by atoms with van der Waals surface area (Å²) in [6.07, 6.45) is 1.82. The number of anilines is 1. The van der Waals surface area contributed by atoms with Crippen LogP contribution in [0.4, 0.5) is 5.69 Å². The average molecular weight is 346 g/mol. The Bertz CT molecular complexity index is 707. The summed E-state index contributed by atoms with van der Waals surface area (Å²) in [5.41, 5.74) is 4.55. The van der Waals surface area contributed by atoms with Gasteiger partial charge >= 0.3 is 0 Å². The molecule has 0 bridgehead atoms. The van der Waals surface area contributed by atoms with Crippen molar-refractivity contribution in [2.24, 2.45) is 0 Å². The lowest BCUT2D eigenvalue weighted by Crippen LogP contribution is -2.06. The fourth-order valence-corrected chi connectivity index (χ4v) is 2.68. The normalized spacial score (nSPS) is 10.0. The van der Waals surface area contributed by atoms with E-state index in [4.69, 9.17) is 10.00 Å². The van der Waals surface area contributed by atoms with Gasteiger partial charge in [-0.1, -0.05) is 0 Å². The number of benzene rings is 1. The van der Waals surface area contributed by atoms with Crippen LogP contribution in [0.5, 0.6) is 5.75 Å². The molecule has 2 rings (SSSR count). The van der Waals surface area contributed by atoms with Crippen LogP contribution in [-0.2, 0) is 6.54 Å². The minimum Gasteiger partial charge on any atom is -0.496 e. The van der Waals surface area contributed by atoms with Crippen LogP contribution in [0.2, 0.25) is 0 Å². The number of aromatic nitrogens is 1. The van der Waals surface area contributed by atoms with Gasteiger partial charge in [0.1, 0.15) is 5.75 Å². The first-order chi connectivity index (χ1) is 10.1. The molecule has 0 spiro atoms. The zero-order valence-electron chi connectivity index (χ0n) is 12.2. The molecular weight excluding hydrogens is 330 g/mol. The van der Waals surface area contributed by atoms with Gasteiger partial charge in [0.05, 0.1) is 31.0 Å². The van der Waals surface area contributed by atoms with E-state index in [1.807, 2.05) is 26.1 Å². The molecule has 0 unspecified atom stereocenters. The lowest BCUT2D eigenvalue weighted by atomic mass is 10.1. The summed E-state index contributed by atoms with van der Waals surface area (Å²) in [5.74, 6) is 0.876. The third kappa shape index (κ3) is 3.34. The average Bonchev–Trinajstić information content (AvgIpc) is 2.48. The van der Waals surface area contributed by atoms with Gasteiger partial charge in [0.2, 0.25) is 0 Å². The smallest absolute Gasteiger partial charge is 0.128 e. The first-order valence-corrected chi connectivity index (χ1v) is 7.28. The summed E-state index contributed by atoms with van der Waals surface area (Å²) in [7, 11) is 1.67. The van der Waals surface area contributed by atoms with Crippen molar-refractivity contribution in [2.45, 2.75) is 20.4 Å². The van der Waals surface area contributed by atoms with E-state index in [-0.39, 0.29) is 0 Å². The van der Waals surface area contributed by atoms with Crippen LogP contribution in [0, 0.1) is 25.2 Å². The number of halogens is 1. The summed E-state index contributed by atoms with van der Waals surface area (Å²) in [6, 6.07) is 7.56. The van der Waals surface area contributed by atoms with Gasteiger partial charge in [0, 0.05) is 27.5 Å². The van der Waals surface area contributed by atoms with Crippen molar-refractivity contribution >= 4 is 21.6 Å². The molecule has 0 amide bonds. The summed E-state index contributed by atoms with van der Waals surface area (Å²) in [6.45, 7) is 4.57. The zero-order chi connectivity index (χ0) is 15.4. The summed E-state index contributed by atoms with van der Waals surface area (Å²) >= 11 is 3.46. The molecule has 0 fully saturated rings. The number of nitriles is 1. The van der Waals surface area contributed by atoms with Gasteiger partial charge in [-0.3, -0.25) is 4.98 Å². The number of ether oxygens (including phenoxy) is 1. The number of nitrogens with zero attached hydrogens (tertiary/aromatic N) is 2. The molecule has 4 nitrogen and oxygen atoms in total. The highest BCUT2D eigenvalue weighted by atomic mass is 79.9. The van der Waals surface area contributed by atoms with Crippen molar-refractivity contribution in [2.75, 3.05) is 12.4 Å². The summed E-state index contributed by atoms with van der Waals surface area (Å²) < 4.78 is 6.27. The number of hydrogen-bond acceptors (Lipinski definition) is 4. The Labute approximate surface area is 132 Å². The Morgan fingerprint density at radius 2 is 2.14 bits per heavy atom. The molecule has 0 radical (unpaired) electrons. The maximum Gasteiger partial charge on any atom is 0.128 e. The van der Waals surface area contributed by atoms with Gasteiger partial charge < -0.3 is 10.1 Å². The zero-order valence-corrected chi connectivity index (χ0v) is 13.8. The predicted octanol–water partition coefficient (Wildman–Crippen LogP) is 3.95. The second-order valence-electron chi connectivity index (χ2n) is 4.71. The van der Waals surface area contributed by atoms with Crippen molar-refractivity contribution < 1.29 is 4.74 Å². The van der Waals surface area contributed by atoms with Crippen LogP contribution >= 0.6 is 15.9 Å². The third-order valence-electron chi connectivity index (χ3n) is 3.29. The highest BCUT2D eigenvalue weighted by molar-refractivity contribution is 9.10. The monoisotopic (exact) mass is 345 g/mol. The highest BCUT2D eigenvalue weighted by Crippen LogP contribution is 2.27. The van der Waals surface area contributed by atoms with Crippen molar-refractivity contribution in [1.29, 1.82) is 5.26 Å². The largest absolute Gasteiger partial charge is 0.496 e. The second-order valence-corrected chi connectivity index (χ2v) is 5.56. The van der Waals surface area contributed by atoms with Crippen LogP contribution in [0.3, 0.4) is 0 Å². The molecule has 1 aromatic heterocycles. The maximum atomic E-state index is 8.87. The first-order valence-electron chi connectivity index (χ1n) is 6.49. The predicted molar refractivity (Wildman–Crippen MR) is 86.4 cm³/mol. The Hall–Kier alpha value is -2.06. The lowest BCUT2D eigenvalue weighted by Gasteiger charge is -2.14. The molecular formula is C16H16BrN3O. The number of hydrogen-bond donors (Lipinski definition) is 1. The van der Waals surface area contributed by atoms with Gasteiger partial charge in [0.25, 0.3) is 0 Å². The maximum absolute atomic E-state index is 8.87. The molecule has 0 saturated heterocycles. The molecule has 5 heteroatoms. The fraction of sp³-hybridized carbons (Fsp3) is 0.250. The van der Waals surface area contributed by atoms with E-state index in [0.29, 0.717) is 12.1 Å². The Morgan fingerprint density at radius 1 is 1.38 bits per heavy atom. The quantitative estimate of drug-likeness (QED) is 0.911. The van der Waals surface area contributed by atoms with E-state index in [0.717, 1.165) is 32.7 Å². The molecule has 1 heterocycles. The highest BCUT2D eigenvalue weighted by Gasteiger charge is 2.10. The Balaban J connectivity index is 2.19. The van der Waals surface area contributed by atoms with Gasteiger partial charge in [0.15, 0.2) is 0 Å². The van der Waals surface area contributed by atoms with Gasteiger partial charge in [-0.25, -0.2) is 0 Å². The Morgan fingerprint density at radius 3 is 2.76 bits per heavy atom. The van der Waals surface area contributed by atoms with Gasteiger partial charge in [-0.05, 0) is 48.0 Å².